The van der Waals surface area contributed by atoms with E-state index in [1.54, 1.807) is 13.2 Å². The average Bonchev–Trinajstić information content (AvgIpc) is 2.83. The molecule has 3 nitrogen and oxygen atoms in total. The van der Waals surface area contributed by atoms with E-state index in [1.165, 1.54) is 6.07 Å². The van der Waals surface area contributed by atoms with E-state index in [0.29, 0.717) is 24.0 Å². The molecule has 3 aliphatic carbocycles. The number of aryl methyl sites for hydroxylation is 1. The molecule has 0 radical (unpaired) electrons. The van der Waals surface area contributed by atoms with Crippen LogP contribution in [0.25, 0.3) is 0 Å². The fraction of sp³-hybridized carbons (Fsp3) is 0.632. The summed E-state index contributed by atoms with van der Waals surface area (Å²) >= 11 is 0. The second kappa shape index (κ2) is 5.04. The van der Waals surface area contributed by atoms with E-state index in [1.807, 2.05) is 0 Å². The zero-order chi connectivity index (χ0) is 16.4. The van der Waals surface area contributed by atoms with Gasteiger partial charge in [0.25, 0.3) is 0 Å². The molecule has 1 aromatic carbocycles. The van der Waals surface area contributed by atoms with Gasteiger partial charge in [-0.1, -0.05) is 6.92 Å². The van der Waals surface area contributed by atoms with Crippen molar-refractivity contribution in [2.24, 2.45) is 17.3 Å². The topological polar surface area (TPSA) is 46.5 Å². The van der Waals surface area contributed by atoms with Crippen LogP contribution in [0.5, 0.6) is 5.75 Å². The van der Waals surface area contributed by atoms with E-state index in [9.17, 15) is 14.3 Å². The highest BCUT2D eigenvalue weighted by Crippen LogP contribution is 2.60. The summed E-state index contributed by atoms with van der Waals surface area (Å²) < 4.78 is 19.7. The van der Waals surface area contributed by atoms with Gasteiger partial charge in [0.05, 0.1) is 6.10 Å². The predicted molar refractivity (Wildman–Crippen MR) is 83.9 cm³/mol. The van der Waals surface area contributed by atoms with Crippen molar-refractivity contribution in [3.05, 3.63) is 29.1 Å². The number of hydrogen-bond donors (Lipinski definition) is 1. The largest absolute Gasteiger partial charge is 0.505 e. The highest BCUT2D eigenvalue weighted by molar-refractivity contribution is 5.87. The van der Waals surface area contributed by atoms with Crippen LogP contribution in [0.2, 0.25) is 0 Å². The number of phenols is 1. The first-order valence-electron chi connectivity index (χ1n) is 8.53. The van der Waals surface area contributed by atoms with E-state index in [4.69, 9.17) is 4.74 Å². The molecule has 2 fully saturated rings. The second-order valence-electron chi connectivity index (χ2n) is 7.69. The number of ketones is 1. The zero-order valence-electron chi connectivity index (χ0n) is 13.6. The molecule has 0 spiro atoms. The lowest BCUT2D eigenvalue weighted by molar-refractivity contribution is -0.135. The van der Waals surface area contributed by atoms with Gasteiger partial charge in [0.15, 0.2) is 11.6 Å². The normalized spacial score (nSPS) is 38.8. The second-order valence-corrected chi connectivity index (χ2v) is 7.69. The number of methoxy groups -OCH3 is 1. The van der Waals surface area contributed by atoms with Gasteiger partial charge >= 0.3 is 0 Å². The molecule has 0 unspecified atom stereocenters. The molecular weight excluding hydrogens is 295 g/mol. The lowest BCUT2D eigenvalue weighted by Gasteiger charge is -2.51. The fourth-order valence-corrected chi connectivity index (χ4v) is 5.63. The molecule has 4 rings (SSSR count). The van der Waals surface area contributed by atoms with Crippen LogP contribution in [0.3, 0.4) is 0 Å². The Balaban J connectivity index is 1.81. The molecular formula is C19H23FO3. The Morgan fingerprint density at radius 1 is 1.30 bits per heavy atom. The van der Waals surface area contributed by atoms with Crippen LogP contribution in [0, 0.1) is 23.1 Å². The van der Waals surface area contributed by atoms with Crippen molar-refractivity contribution in [3.63, 3.8) is 0 Å². The smallest absolute Gasteiger partial charge is 0.165 e. The Hall–Kier alpha value is -1.42. The summed E-state index contributed by atoms with van der Waals surface area (Å²) in [6.45, 7) is 2.10. The molecule has 0 amide bonds. The number of carbonyl (C=O) groups excluding carboxylic acids is 1. The monoisotopic (exact) mass is 318 g/mol. The van der Waals surface area contributed by atoms with E-state index in [0.717, 1.165) is 36.8 Å². The van der Waals surface area contributed by atoms with Crippen molar-refractivity contribution in [2.45, 2.75) is 51.0 Å². The van der Waals surface area contributed by atoms with E-state index < -0.39 is 5.82 Å². The van der Waals surface area contributed by atoms with Gasteiger partial charge in [0.1, 0.15) is 5.78 Å². The van der Waals surface area contributed by atoms with Gasteiger partial charge in [0, 0.05) is 24.9 Å². The summed E-state index contributed by atoms with van der Waals surface area (Å²) in [5.41, 5.74) is 1.72. The van der Waals surface area contributed by atoms with Crippen molar-refractivity contribution < 1.29 is 19.0 Å². The molecule has 3 aliphatic rings. The van der Waals surface area contributed by atoms with Crippen molar-refractivity contribution in [2.75, 3.05) is 7.11 Å². The van der Waals surface area contributed by atoms with Gasteiger partial charge < -0.3 is 9.84 Å². The molecule has 23 heavy (non-hydrogen) atoms. The van der Waals surface area contributed by atoms with E-state index >= 15 is 0 Å². The first kappa shape index (κ1) is 15.1. The number of rotatable bonds is 1. The molecule has 1 N–H and O–H groups in total. The van der Waals surface area contributed by atoms with Crippen LogP contribution in [0.4, 0.5) is 4.39 Å². The maximum Gasteiger partial charge on any atom is 0.165 e. The Kier molecular flexibility index (Phi) is 3.31. The molecule has 2 saturated carbocycles. The standard InChI is InChI=1S/C19H23FO3/c1-19-9-16(23-2)18-11(13(19)5-6-17(19)22)4-3-10-7-15(21)14(20)8-12(10)18/h7-8,11,13,16,18,21H,3-6,9H2,1-2H3/t11-,13-,16-,18-,19-/m0/s1. The van der Waals surface area contributed by atoms with Crippen LogP contribution in [-0.4, -0.2) is 24.1 Å². The minimum Gasteiger partial charge on any atom is -0.505 e. The highest BCUT2D eigenvalue weighted by Gasteiger charge is 2.58. The number of aromatic hydroxyl groups is 1. The number of carbonyl (C=O) groups is 1. The van der Waals surface area contributed by atoms with Gasteiger partial charge in [-0.05, 0) is 60.8 Å². The van der Waals surface area contributed by atoms with Gasteiger partial charge in [-0.2, -0.15) is 0 Å². The number of halogens is 1. The predicted octanol–water partition coefficient (Wildman–Crippen LogP) is 3.58. The summed E-state index contributed by atoms with van der Waals surface area (Å²) in [6.07, 6.45) is 4.08. The van der Waals surface area contributed by atoms with Crippen LogP contribution in [0.1, 0.15) is 49.7 Å². The maximum atomic E-state index is 14.0. The van der Waals surface area contributed by atoms with Crippen LogP contribution < -0.4 is 0 Å². The van der Waals surface area contributed by atoms with Gasteiger partial charge in [-0.3, -0.25) is 4.79 Å². The van der Waals surface area contributed by atoms with Crippen molar-refractivity contribution in [3.8, 4) is 5.75 Å². The molecule has 5 atom stereocenters. The Labute approximate surface area is 135 Å². The Morgan fingerprint density at radius 2 is 2.09 bits per heavy atom. The molecule has 0 aliphatic heterocycles. The third-order valence-electron chi connectivity index (χ3n) is 6.76. The molecule has 0 heterocycles. The minimum atomic E-state index is -0.560. The van der Waals surface area contributed by atoms with Gasteiger partial charge in [0.2, 0.25) is 0 Å². The first-order chi connectivity index (χ1) is 11.0. The summed E-state index contributed by atoms with van der Waals surface area (Å²) in [6, 6.07) is 3.06. The number of benzene rings is 1. The number of fused-ring (bicyclic) bond motifs is 5. The lowest BCUT2D eigenvalue weighted by atomic mass is 9.54. The Bertz CT molecular complexity index is 671. The summed E-state index contributed by atoms with van der Waals surface area (Å²) in [4.78, 5) is 12.5. The van der Waals surface area contributed by atoms with Crippen molar-refractivity contribution in [1.82, 2.24) is 0 Å². The third kappa shape index (κ3) is 2.00. The van der Waals surface area contributed by atoms with E-state index in [2.05, 4.69) is 6.92 Å². The molecule has 1 aromatic rings. The number of ether oxygens (including phenoxy) is 1. The number of Topliss-reactive ketones (excluding diaryl/α,β-unsaturated/α-hetero) is 1. The fourth-order valence-electron chi connectivity index (χ4n) is 5.63. The lowest BCUT2D eigenvalue weighted by Crippen LogP contribution is -2.49. The van der Waals surface area contributed by atoms with Gasteiger partial charge in [-0.15, -0.1) is 0 Å². The van der Waals surface area contributed by atoms with E-state index in [-0.39, 0.29) is 23.2 Å². The highest BCUT2D eigenvalue weighted by atomic mass is 19.1. The molecule has 0 bridgehead atoms. The van der Waals surface area contributed by atoms with Crippen LogP contribution >= 0.6 is 0 Å². The minimum absolute atomic E-state index is 0.0636. The molecule has 0 aromatic heterocycles. The molecule has 0 saturated heterocycles. The van der Waals surface area contributed by atoms with Crippen LogP contribution in [-0.2, 0) is 16.0 Å². The first-order valence-corrected chi connectivity index (χ1v) is 8.53. The third-order valence-corrected chi connectivity index (χ3v) is 6.76. The van der Waals surface area contributed by atoms with Crippen LogP contribution in [0.15, 0.2) is 12.1 Å². The van der Waals surface area contributed by atoms with Gasteiger partial charge in [-0.25, -0.2) is 4.39 Å². The molecule has 124 valence electrons. The zero-order valence-corrected chi connectivity index (χ0v) is 13.6. The molecule has 4 heteroatoms. The quantitative estimate of drug-likeness (QED) is 0.861. The van der Waals surface area contributed by atoms with Crippen molar-refractivity contribution in [1.29, 1.82) is 0 Å². The van der Waals surface area contributed by atoms with Crippen molar-refractivity contribution >= 4 is 5.78 Å². The maximum absolute atomic E-state index is 14.0. The summed E-state index contributed by atoms with van der Waals surface area (Å²) in [5, 5.41) is 9.67. The number of phenolic OH excluding ortho intramolecular Hbond substituents is 1. The number of hydrogen-bond acceptors (Lipinski definition) is 3. The summed E-state index contributed by atoms with van der Waals surface area (Å²) in [5.74, 6) is 0.398. The average molecular weight is 318 g/mol. The SMILES string of the molecule is CO[C@H]1C[C@]2(C)C(=O)CC[C@H]2[C@@H]2CCc3cc(O)c(F)cc3[C@H]21. The Morgan fingerprint density at radius 3 is 2.83 bits per heavy atom. The summed E-state index contributed by atoms with van der Waals surface area (Å²) in [7, 11) is 1.69.